The van der Waals surface area contributed by atoms with E-state index in [1.54, 1.807) is 18.2 Å². The quantitative estimate of drug-likeness (QED) is 0.360. The third kappa shape index (κ3) is 4.72. The molecular weight excluding hydrogens is 423 g/mol. The molecule has 0 atom stereocenters. The van der Waals surface area contributed by atoms with E-state index in [-0.39, 0.29) is 22.6 Å². The van der Waals surface area contributed by atoms with Crippen LogP contribution >= 0.6 is 0 Å². The molecular formula is C28H35GeN. The van der Waals surface area contributed by atoms with Crippen LogP contribution in [-0.2, 0) is 6.37 Å². The minimum absolute atomic E-state index is 0.0884. The number of benzene rings is 2. The molecule has 1 aliphatic rings. The average molecular weight is 466 g/mol. The van der Waals surface area contributed by atoms with Crippen LogP contribution < -0.4 is 4.40 Å². The van der Waals surface area contributed by atoms with Crippen molar-refractivity contribution in [2.45, 2.75) is 63.0 Å². The Hall–Kier alpha value is -1.87. The summed E-state index contributed by atoms with van der Waals surface area (Å²) in [7, 11) is 0. The zero-order valence-electron chi connectivity index (χ0n) is 26.0. The van der Waals surface area contributed by atoms with Crippen LogP contribution in [0.4, 0.5) is 0 Å². The first kappa shape index (κ1) is 13.5. The SMILES string of the molecule is [2H]C([2H])([2H])c1cc(-c2cc(C([2H])([2H])C3CCCC3)c(C([2H])([2H])[2H])cn2)ccc1-c1cc[c]([Ge]([CH3])([CH3])[CH3])cc1. The summed E-state index contributed by atoms with van der Waals surface area (Å²) >= 11 is -2.02. The minimum atomic E-state index is -2.51. The Morgan fingerprint density at radius 2 is 1.63 bits per heavy atom. The second-order valence-corrected chi connectivity index (χ2v) is 20.0. The van der Waals surface area contributed by atoms with Crippen molar-refractivity contribution in [1.82, 2.24) is 4.98 Å². The normalized spacial score (nSPS) is 20.2. The summed E-state index contributed by atoms with van der Waals surface area (Å²) in [6, 6.07) is 14.8. The number of aryl methyl sites for hydroxylation is 2. The first-order chi connectivity index (χ1) is 17.5. The number of rotatable bonds is 5. The van der Waals surface area contributed by atoms with Gasteiger partial charge in [-0.2, -0.15) is 0 Å². The summed E-state index contributed by atoms with van der Waals surface area (Å²) in [6.07, 6.45) is 2.68. The zero-order valence-corrected chi connectivity index (χ0v) is 20.1. The first-order valence-electron chi connectivity index (χ1n) is 14.8. The van der Waals surface area contributed by atoms with Crippen molar-refractivity contribution in [3.05, 3.63) is 71.4 Å². The molecule has 1 saturated carbocycles. The van der Waals surface area contributed by atoms with Crippen molar-refractivity contribution in [3.63, 3.8) is 0 Å². The molecule has 1 fully saturated rings. The van der Waals surface area contributed by atoms with Gasteiger partial charge in [-0.25, -0.2) is 0 Å². The maximum absolute atomic E-state index is 8.90. The summed E-state index contributed by atoms with van der Waals surface area (Å²) in [5.74, 6) is 6.67. The van der Waals surface area contributed by atoms with E-state index in [0.29, 0.717) is 29.7 Å². The molecule has 2 heteroatoms. The molecule has 1 aromatic heterocycles. The van der Waals surface area contributed by atoms with Crippen molar-refractivity contribution < 1.29 is 11.0 Å². The number of nitrogens with zero attached hydrogens (tertiary/aromatic N) is 1. The standard InChI is InChI=1S/C28H35GeN/c1-20-16-24(12-15-27(20)23-10-13-26(14-11-23)29(3,4)5)28-18-25(21(2)19-30-28)17-22-8-6-7-9-22/h10-16,18-19,22H,6-9,17H2,1-5H3/i1D3,2D3,17D2. The molecule has 3 aromatic rings. The zero-order chi connectivity index (χ0) is 28.1. The fourth-order valence-corrected chi connectivity index (χ4v) is 6.58. The summed E-state index contributed by atoms with van der Waals surface area (Å²) in [4.78, 5) is 4.38. The fraction of sp³-hybridized carbons (Fsp3) is 0.393. The van der Waals surface area contributed by atoms with Gasteiger partial charge in [0.25, 0.3) is 0 Å². The Morgan fingerprint density at radius 1 is 0.933 bits per heavy atom. The third-order valence-electron chi connectivity index (χ3n) is 6.00. The molecule has 0 radical (unpaired) electrons. The van der Waals surface area contributed by atoms with E-state index in [1.807, 2.05) is 12.1 Å². The van der Waals surface area contributed by atoms with Crippen LogP contribution in [0, 0.1) is 19.6 Å². The summed E-state index contributed by atoms with van der Waals surface area (Å²) < 4.78 is 67.8. The van der Waals surface area contributed by atoms with Crippen molar-refractivity contribution in [2.24, 2.45) is 5.92 Å². The summed E-state index contributed by atoms with van der Waals surface area (Å²) in [6.45, 7) is -4.89. The predicted molar refractivity (Wildman–Crippen MR) is 133 cm³/mol. The Labute approximate surface area is 196 Å². The second kappa shape index (κ2) is 8.71. The molecule has 0 N–H and O–H groups in total. The maximum atomic E-state index is 8.90. The number of hydrogen-bond donors (Lipinski definition) is 0. The molecule has 156 valence electrons. The molecule has 0 aliphatic heterocycles. The second-order valence-electron chi connectivity index (χ2n) is 9.33. The van der Waals surface area contributed by atoms with Gasteiger partial charge in [0.1, 0.15) is 0 Å². The number of hydrogen-bond acceptors (Lipinski definition) is 1. The van der Waals surface area contributed by atoms with E-state index < -0.39 is 33.3 Å². The van der Waals surface area contributed by atoms with Crippen molar-refractivity contribution >= 4 is 17.7 Å². The van der Waals surface area contributed by atoms with Gasteiger partial charge in [0.05, 0.1) is 0 Å². The fourth-order valence-electron chi connectivity index (χ4n) is 4.13. The number of pyridine rings is 1. The molecule has 0 amide bonds. The molecule has 1 aliphatic carbocycles. The molecule has 2 aromatic carbocycles. The number of aromatic nitrogens is 1. The monoisotopic (exact) mass is 467 g/mol. The summed E-state index contributed by atoms with van der Waals surface area (Å²) in [5, 5.41) is 0. The van der Waals surface area contributed by atoms with Gasteiger partial charge in [0.2, 0.25) is 0 Å². The van der Waals surface area contributed by atoms with Crippen LogP contribution in [0.25, 0.3) is 22.4 Å². The van der Waals surface area contributed by atoms with Crippen molar-refractivity contribution in [2.75, 3.05) is 0 Å². The van der Waals surface area contributed by atoms with E-state index in [0.717, 1.165) is 18.4 Å². The Morgan fingerprint density at radius 3 is 2.30 bits per heavy atom. The van der Waals surface area contributed by atoms with E-state index in [2.05, 4.69) is 34.4 Å². The Kier molecular flexibility index (Phi) is 3.93. The molecule has 4 rings (SSSR count). The predicted octanol–water partition coefficient (Wildman–Crippen LogP) is 7.31. The Bertz CT molecular complexity index is 1300. The van der Waals surface area contributed by atoms with E-state index in [1.165, 1.54) is 16.7 Å². The van der Waals surface area contributed by atoms with E-state index >= 15 is 0 Å². The molecule has 0 unspecified atom stereocenters. The van der Waals surface area contributed by atoms with Crippen LogP contribution in [0.5, 0.6) is 0 Å². The van der Waals surface area contributed by atoms with Crippen LogP contribution in [0.15, 0.2) is 54.7 Å². The van der Waals surface area contributed by atoms with Crippen LogP contribution in [0.1, 0.15) is 53.3 Å². The molecule has 0 saturated heterocycles. The van der Waals surface area contributed by atoms with Crippen molar-refractivity contribution in [1.29, 1.82) is 0 Å². The summed E-state index contributed by atoms with van der Waals surface area (Å²) in [5.41, 5.74) is 2.53. The molecule has 1 nitrogen and oxygen atoms in total. The van der Waals surface area contributed by atoms with Crippen LogP contribution in [-0.4, -0.2) is 18.3 Å². The molecule has 0 bridgehead atoms. The van der Waals surface area contributed by atoms with Crippen molar-refractivity contribution in [3.8, 4) is 22.4 Å². The topological polar surface area (TPSA) is 12.9 Å². The van der Waals surface area contributed by atoms with Gasteiger partial charge < -0.3 is 0 Å². The Balaban J connectivity index is 1.83. The van der Waals surface area contributed by atoms with Gasteiger partial charge in [-0.15, -0.1) is 0 Å². The van der Waals surface area contributed by atoms with Gasteiger partial charge >= 0.3 is 151 Å². The van der Waals surface area contributed by atoms with Gasteiger partial charge in [0, 0.05) is 6.85 Å². The molecule has 0 spiro atoms. The average Bonchev–Trinajstić information content (AvgIpc) is 3.38. The van der Waals surface area contributed by atoms with Gasteiger partial charge in [-0.1, -0.05) is 25.7 Å². The van der Waals surface area contributed by atoms with Crippen LogP contribution in [0.2, 0.25) is 17.3 Å². The van der Waals surface area contributed by atoms with Crippen LogP contribution in [0.3, 0.4) is 0 Å². The third-order valence-corrected chi connectivity index (χ3v) is 10.3. The molecule has 1 heterocycles. The van der Waals surface area contributed by atoms with E-state index in [4.69, 9.17) is 11.0 Å². The first-order valence-corrected chi connectivity index (χ1v) is 18.1. The van der Waals surface area contributed by atoms with Gasteiger partial charge in [-0.3, -0.25) is 0 Å². The van der Waals surface area contributed by atoms with Gasteiger partial charge in [0.15, 0.2) is 0 Å². The molecule has 30 heavy (non-hydrogen) atoms. The van der Waals surface area contributed by atoms with E-state index in [9.17, 15) is 0 Å². The van der Waals surface area contributed by atoms with Gasteiger partial charge in [-0.05, 0) is 12.8 Å².